The van der Waals surface area contributed by atoms with E-state index in [-0.39, 0.29) is 28.4 Å². The Kier molecular flexibility index (Phi) is 7.36. The first kappa shape index (κ1) is 22.1. The monoisotopic (exact) mass is 453 g/mol. The highest BCUT2D eigenvalue weighted by atomic mass is 35.5. The van der Waals surface area contributed by atoms with Crippen LogP contribution in [-0.4, -0.2) is 30.1 Å². The number of hydrogen-bond donors (Lipinski definition) is 2. The first-order valence-corrected chi connectivity index (χ1v) is 10.1. The highest BCUT2D eigenvalue weighted by Crippen LogP contribution is 2.24. The number of likely N-dealkylation sites (tertiary alicyclic amines) is 1. The number of nitro groups is 1. The van der Waals surface area contributed by atoms with Gasteiger partial charge in [-0.1, -0.05) is 29.3 Å². The van der Waals surface area contributed by atoms with Crippen LogP contribution in [0.4, 0.5) is 10.1 Å². The van der Waals surface area contributed by atoms with Crippen LogP contribution in [0, 0.1) is 21.8 Å². The summed E-state index contributed by atoms with van der Waals surface area (Å²) in [5.74, 6) is -0.703. The number of amides is 1. The predicted octanol–water partition coefficient (Wildman–Crippen LogP) is 2.99. The Hall–Kier alpha value is -2.55. The fraction of sp³-hybridized carbons (Fsp3) is 0.300. The maximum absolute atomic E-state index is 13.2. The lowest BCUT2D eigenvalue weighted by atomic mass is 9.96. The van der Waals surface area contributed by atoms with Gasteiger partial charge in [0.05, 0.1) is 35.2 Å². The molecule has 1 amide bonds. The number of hydrogen-bond acceptors (Lipinski definition) is 4. The lowest BCUT2D eigenvalue weighted by Crippen LogP contribution is -3.11. The summed E-state index contributed by atoms with van der Waals surface area (Å²) in [7, 11) is 0. The van der Waals surface area contributed by atoms with Crippen LogP contribution < -0.4 is 10.3 Å². The molecule has 2 aromatic carbocycles. The van der Waals surface area contributed by atoms with Gasteiger partial charge in [0.25, 0.3) is 5.69 Å². The molecule has 10 heteroatoms. The molecule has 0 unspecified atom stereocenters. The van der Waals surface area contributed by atoms with Gasteiger partial charge in [0.2, 0.25) is 5.91 Å². The number of rotatable bonds is 6. The number of hydrazone groups is 1. The quantitative estimate of drug-likeness (QED) is 0.400. The number of nitro benzene ring substituents is 1. The number of nitrogens with zero attached hydrogens (tertiary/aromatic N) is 2. The highest BCUT2D eigenvalue weighted by molar-refractivity contribution is 6.32. The summed E-state index contributed by atoms with van der Waals surface area (Å²) in [6.07, 6.45) is 2.74. The van der Waals surface area contributed by atoms with Crippen molar-refractivity contribution in [2.24, 2.45) is 11.0 Å². The van der Waals surface area contributed by atoms with E-state index in [9.17, 15) is 19.3 Å². The van der Waals surface area contributed by atoms with Gasteiger partial charge in [-0.15, -0.1) is 0 Å². The fourth-order valence-corrected chi connectivity index (χ4v) is 3.83. The van der Waals surface area contributed by atoms with Crippen molar-refractivity contribution in [3.63, 3.8) is 0 Å². The number of quaternary nitrogens is 1. The van der Waals surface area contributed by atoms with Crippen LogP contribution in [0.3, 0.4) is 0 Å². The number of carbonyl (C=O) groups is 1. The van der Waals surface area contributed by atoms with Crippen molar-refractivity contribution in [3.8, 4) is 0 Å². The smallest absolute Gasteiger partial charge is 0.288 e. The van der Waals surface area contributed by atoms with E-state index in [1.165, 1.54) is 35.4 Å². The summed E-state index contributed by atoms with van der Waals surface area (Å²) in [4.78, 5) is 24.0. The molecule has 3 rings (SSSR count). The van der Waals surface area contributed by atoms with Gasteiger partial charge < -0.3 is 4.90 Å². The van der Waals surface area contributed by atoms with Gasteiger partial charge >= 0.3 is 0 Å². The molecular formula is C20H20Cl2FN4O3+. The van der Waals surface area contributed by atoms with E-state index >= 15 is 0 Å². The SMILES string of the molecule is O=C(N/N=C\c1ccc(Cl)c([N+](=O)[O-])c1)C1CC[NH+](Cc2ccc(F)cc2Cl)CC1. The maximum Gasteiger partial charge on any atom is 0.288 e. The number of nitrogens with one attached hydrogen (secondary N) is 2. The summed E-state index contributed by atoms with van der Waals surface area (Å²) in [6, 6.07) is 8.68. The van der Waals surface area contributed by atoms with E-state index in [0.29, 0.717) is 30.0 Å². The second-order valence-corrected chi connectivity index (χ2v) is 7.95. The van der Waals surface area contributed by atoms with Crippen molar-refractivity contribution >= 4 is 41.0 Å². The van der Waals surface area contributed by atoms with Crippen molar-refractivity contribution in [2.45, 2.75) is 19.4 Å². The molecule has 1 heterocycles. The van der Waals surface area contributed by atoms with Crippen LogP contribution in [0.25, 0.3) is 0 Å². The van der Waals surface area contributed by atoms with Crippen LogP contribution in [0.2, 0.25) is 10.0 Å². The van der Waals surface area contributed by atoms with E-state index in [1.54, 1.807) is 12.1 Å². The molecule has 7 nitrogen and oxygen atoms in total. The Bertz CT molecular complexity index is 979. The van der Waals surface area contributed by atoms with Crippen molar-refractivity contribution in [1.29, 1.82) is 0 Å². The Morgan fingerprint density at radius 2 is 1.97 bits per heavy atom. The minimum Gasteiger partial charge on any atom is -0.331 e. The first-order valence-electron chi connectivity index (χ1n) is 9.38. The largest absolute Gasteiger partial charge is 0.331 e. The number of benzene rings is 2. The molecule has 0 aliphatic carbocycles. The van der Waals surface area contributed by atoms with Crippen molar-refractivity contribution in [2.75, 3.05) is 13.1 Å². The molecule has 1 aliphatic heterocycles. The Balaban J connectivity index is 1.49. The molecule has 30 heavy (non-hydrogen) atoms. The van der Waals surface area contributed by atoms with Gasteiger partial charge in [0.15, 0.2) is 0 Å². The zero-order valence-electron chi connectivity index (χ0n) is 15.9. The molecule has 158 valence electrons. The highest BCUT2D eigenvalue weighted by Gasteiger charge is 2.27. The molecule has 2 N–H and O–H groups in total. The van der Waals surface area contributed by atoms with Gasteiger partial charge in [-0.25, -0.2) is 9.82 Å². The zero-order chi connectivity index (χ0) is 21.7. The lowest BCUT2D eigenvalue weighted by molar-refractivity contribution is -0.919. The zero-order valence-corrected chi connectivity index (χ0v) is 17.4. The molecular weight excluding hydrogens is 434 g/mol. The molecule has 2 aromatic rings. The molecule has 0 radical (unpaired) electrons. The minimum absolute atomic E-state index is 0.0392. The lowest BCUT2D eigenvalue weighted by Gasteiger charge is -2.28. The van der Waals surface area contributed by atoms with E-state index in [4.69, 9.17) is 23.2 Å². The standard InChI is InChI=1S/C20H19Cl2FN4O3/c21-17-4-1-13(9-19(17)27(29)30)11-24-25-20(28)14-5-7-26(8-6-14)12-15-2-3-16(23)10-18(15)22/h1-4,9-11,14H,5-8,12H2,(H,25,28)/p+1/b24-11-. The molecule has 1 saturated heterocycles. The average Bonchev–Trinajstić information content (AvgIpc) is 2.71. The molecule has 0 atom stereocenters. The molecule has 1 aliphatic rings. The Morgan fingerprint density at radius 3 is 2.63 bits per heavy atom. The average molecular weight is 454 g/mol. The topological polar surface area (TPSA) is 89.0 Å². The number of halogens is 3. The predicted molar refractivity (Wildman–Crippen MR) is 112 cm³/mol. The summed E-state index contributed by atoms with van der Waals surface area (Å²) in [6.45, 7) is 2.26. The minimum atomic E-state index is -0.576. The normalized spacial score (nSPS) is 19.0. The first-order chi connectivity index (χ1) is 14.3. The van der Waals surface area contributed by atoms with Gasteiger partial charge in [-0.3, -0.25) is 14.9 Å². The fourth-order valence-electron chi connectivity index (χ4n) is 3.41. The van der Waals surface area contributed by atoms with Crippen molar-refractivity contribution in [3.05, 3.63) is 73.5 Å². The summed E-state index contributed by atoms with van der Waals surface area (Å²) in [5, 5.41) is 15.3. The van der Waals surface area contributed by atoms with Crippen molar-refractivity contribution < 1.29 is 19.0 Å². The second-order valence-electron chi connectivity index (χ2n) is 7.14. The molecule has 0 saturated carbocycles. The van der Waals surface area contributed by atoms with Crippen molar-refractivity contribution in [1.82, 2.24) is 5.43 Å². The van der Waals surface area contributed by atoms with E-state index in [0.717, 1.165) is 18.7 Å². The van der Waals surface area contributed by atoms with E-state index in [2.05, 4.69) is 10.5 Å². The van der Waals surface area contributed by atoms with Crippen LogP contribution in [0.5, 0.6) is 0 Å². The third-order valence-electron chi connectivity index (χ3n) is 5.07. The third-order valence-corrected chi connectivity index (χ3v) is 5.75. The van der Waals surface area contributed by atoms with Gasteiger partial charge in [0.1, 0.15) is 17.4 Å². The third kappa shape index (κ3) is 5.75. The number of piperidine rings is 1. The summed E-state index contributed by atoms with van der Waals surface area (Å²) in [5.41, 5.74) is 3.63. The molecule has 0 spiro atoms. The van der Waals surface area contributed by atoms with Crippen LogP contribution in [0.15, 0.2) is 41.5 Å². The van der Waals surface area contributed by atoms with Gasteiger partial charge in [-0.2, -0.15) is 5.10 Å². The maximum atomic E-state index is 13.2. The molecule has 0 bridgehead atoms. The Morgan fingerprint density at radius 1 is 1.23 bits per heavy atom. The summed E-state index contributed by atoms with van der Waals surface area (Å²) >= 11 is 11.9. The summed E-state index contributed by atoms with van der Waals surface area (Å²) < 4.78 is 13.2. The molecule has 1 fully saturated rings. The Labute approximate surface area is 182 Å². The number of carbonyl (C=O) groups excluding carboxylic acids is 1. The van der Waals surface area contributed by atoms with Crippen LogP contribution in [-0.2, 0) is 11.3 Å². The van der Waals surface area contributed by atoms with Crippen LogP contribution >= 0.6 is 23.2 Å². The van der Waals surface area contributed by atoms with E-state index < -0.39 is 4.92 Å². The second kappa shape index (κ2) is 9.97. The van der Waals surface area contributed by atoms with E-state index in [1.807, 2.05) is 0 Å². The van der Waals surface area contributed by atoms with Gasteiger partial charge in [0, 0.05) is 30.0 Å². The molecule has 0 aromatic heterocycles. The van der Waals surface area contributed by atoms with Gasteiger partial charge in [-0.05, 0) is 24.3 Å². The van der Waals surface area contributed by atoms with Crippen LogP contribution in [0.1, 0.15) is 24.0 Å².